The second-order valence-corrected chi connectivity index (χ2v) is 8.10. The monoisotopic (exact) mass is 420 g/mol. The Labute approximate surface area is 184 Å². The maximum atomic E-state index is 11.2. The summed E-state index contributed by atoms with van der Waals surface area (Å²) < 4.78 is 16.0. The fraction of sp³-hybridized carbons (Fsp3) is 0.731. The third-order valence-electron chi connectivity index (χ3n) is 5.39. The molecule has 0 aliphatic carbocycles. The van der Waals surface area contributed by atoms with Crippen LogP contribution in [0.1, 0.15) is 96.0 Å². The van der Waals surface area contributed by atoms with Crippen LogP contribution >= 0.6 is 0 Å². The first kappa shape index (κ1) is 26.5. The number of ether oxygens (including phenoxy) is 3. The van der Waals surface area contributed by atoms with E-state index in [2.05, 4.69) is 11.7 Å². The van der Waals surface area contributed by atoms with Crippen LogP contribution in [0, 0.1) is 0 Å². The second-order valence-electron chi connectivity index (χ2n) is 8.10. The molecule has 172 valence electrons. The van der Waals surface area contributed by atoms with Crippen LogP contribution in [0.15, 0.2) is 24.3 Å². The average molecular weight is 421 g/mol. The van der Waals surface area contributed by atoms with E-state index in [-0.39, 0.29) is 5.97 Å². The molecule has 0 bridgehead atoms. The van der Waals surface area contributed by atoms with E-state index in [1.807, 2.05) is 24.3 Å². The van der Waals surface area contributed by atoms with E-state index >= 15 is 0 Å². The van der Waals surface area contributed by atoms with E-state index in [0.717, 1.165) is 24.3 Å². The topological polar surface area (TPSA) is 44.8 Å². The van der Waals surface area contributed by atoms with Gasteiger partial charge in [0, 0.05) is 6.61 Å². The molecule has 1 aromatic carbocycles. The molecule has 0 aliphatic heterocycles. The number of hydrogen-bond acceptors (Lipinski definition) is 4. The molecular formula is C26H44O4. The molecule has 0 saturated heterocycles. The third kappa shape index (κ3) is 15.3. The molecule has 0 spiro atoms. The number of hydrogen-bond donors (Lipinski definition) is 0. The van der Waals surface area contributed by atoms with E-state index in [1.54, 1.807) is 0 Å². The lowest BCUT2D eigenvalue weighted by atomic mass is 10.0. The maximum absolute atomic E-state index is 11.2. The molecule has 0 amide bonds. The van der Waals surface area contributed by atoms with Crippen molar-refractivity contribution in [2.24, 2.45) is 0 Å². The minimum absolute atomic E-state index is 0.231. The molecule has 1 rings (SSSR count). The van der Waals surface area contributed by atoms with Gasteiger partial charge in [0.05, 0.1) is 20.1 Å². The second kappa shape index (κ2) is 19.4. The normalized spacial score (nSPS) is 10.9. The molecule has 1 aromatic rings. The number of esters is 1. The smallest absolute Gasteiger partial charge is 0.309 e. The lowest BCUT2D eigenvalue weighted by molar-refractivity contribution is -0.139. The van der Waals surface area contributed by atoms with Gasteiger partial charge >= 0.3 is 5.97 Å². The first-order valence-corrected chi connectivity index (χ1v) is 12.1. The maximum Gasteiger partial charge on any atom is 0.309 e. The number of methoxy groups -OCH3 is 1. The van der Waals surface area contributed by atoms with Crippen LogP contribution in [0.5, 0.6) is 5.75 Å². The van der Waals surface area contributed by atoms with Crippen LogP contribution in [0.2, 0.25) is 0 Å². The highest BCUT2D eigenvalue weighted by Crippen LogP contribution is 2.14. The molecule has 0 atom stereocenters. The summed E-state index contributed by atoms with van der Waals surface area (Å²) in [6, 6.07) is 7.54. The van der Waals surface area contributed by atoms with Gasteiger partial charge in [-0.25, -0.2) is 0 Å². The van der Waals surface area contributed by atoms with Crippen molar-refractivity contribution in [1.29, 1.82) is 0 Å². The van der Waals surface area contributed by atoms with Gasteiger partial charge in [0.2, 0.25) is 0 Å². The Bertz CT molecular complexity index is 512. The van der Waals surface area contributed by atoms with Crippen LogP contribution in [-0.4, -0.2) is 32.9 Å². The quantitative estimate of drug-likeness (QED) is 0.170. The summed E-state index contributed by atoms with van der Waals surface area (Å²) in [6.07, 6.45) is 18.1. The summed E-state index contributed by atoms with van der Waals surface area (Å²) in [5, 5.41) is 0. The average Bonchev–Trinajstić information content (AvgIpc) is 2.77. The van der Waals surface area contributed by atoms with Gasteiger partial charge in [-0.05, 0) is 24.1 Å². The largest absolute Gasteiger partial charge is 0.491 e. The van der Waals surface area contributed by atoms with Crippen molar-refractivity contribution in [3.63, 3.8) is 0 Å². The predicted octanol–water partition coefficient (Wildman–Crippen LogP) is 6.89. The highest BCUT2D eigenvalue weighted by molar-refractivity contribution is 5.72. The van der Waals surface area contributed by atoms with Crippen molar-refractivity contribution < 1.29 is 19.0 Å². The first-order valence-electron chi connectivity index (χ1n) is 12.1. The van der Waals surface area contributed by atoms with Gasteiger partial charge < -0.3 is 14.2 Å². The Kier molecular flexibility index (Phi) is 17.1. The summed E-state index contributed by atoms with van der Waals surface area (Å²) in [7, 11) is 1.40. The molecule has 30 heavy (non-hydrogen) atoms. The summed E-state index contributed by atoms with van der Waals surface area (Å²) >= 11 is 0. The van der Waals surface area contributed by atoms with Crippen molar-refractivity contribution in [2.45, 2.75) is 96.8 Å². The number of unbranched alkanes of at least 4 members (excludes halogenated alkanes) is 12. The Balaban J connectivity index is 1.83. The molecule has 0 aliphatic rings. The Morgan fingerprint density at radius 3 is 1.77 bits per heavy atom. The van der Waals surface area contributed by atoms with E-state index in [4.69, 9.17) is 9.47 Å². The van der Waals surface area contributed by atoms with Crippen molar-refractivity contribution in [1.82, 2.24) is 0 Å². The van der Waals surface area contributed by atoms with Gasteiger partial charge in [-0.15, -0.1) is 0 Å². The predicted molar refractivity (Wildman–Crippen MR) is 124 cm³/mol. The first-order chi connectivity index (χ1) is 14.8. The molecule has 0 unspecified atom stereocenters. The van der Waals surface area contributed by atoms with Crippen LogP contribution in [0.3, 0.4) is 0 Å². The van der Waals surface area contributed by atoms with Crippen molar-refractivity contribution in [3.8, 4) is 5.75 Å². The Hall–Kier alpha value is -1.55. The standard InChI is InChI=1S/C26H44O4/c1-3-4-5-6-7-8-9-10-11-12-13-14-15-20-29-21-22-30-25-18-16-24(17-19-25)23-26(27)28-2/h16-19H,3-15,20-23H2,1-2H3. The van der Waals surface area contributed by atoms with Gasteiger partial charge in [-0.1, -0.05) is 96.1 Å². The molecule has 0 N–H and O–H groups in total. The minimum Gasteiger partial charge on any atom is -0.491 e. The molecule has 0 heterocycles. The van der Waals surface area contributed by atoms with E-state index in [1.165, 1.54) is 84.2 Å². The zero-order chi connectivity index (χ0) is 21.7. The van der Waals surface area contributed by atoms with Crippen molar-refractivity contribution in [2.75, 3.05) is 26.9 Å². The van der Waals surface area contributed by atoms with Gasteiger partial charge in [-0.3, -0.25) is 4.79 Å². The fourth-order valence-corrected chi connectivity index (χ4v) is 3.48. The van der Waals surface area contributed by atoms with E-state index < -0.39 is 0 Å². The van der Waals surface area contributed by atoms with Gasteiger partial charge in [-0.2, -0.15) is 0 Å². The van der Waals surface area contributed by atoms with Crippen molar-refractivity contribution >= 4 is 5.97 Å². The van der Waals surface area contributed by atoms with Crippen molar-refractivity contribution in [3.05, 3.63) is 29.8 Å². The highest BCUT2D eigenvalue weighted by atomic mass is 16.5. The molecule has 0 saturated carbocycles. The van der Waals surface area contributed by atoms with Crippen LogP contribution < -0.4 is 4.74 Å². The molecule has 4 heteroatoms. The van der Waals surface area contributed by atoms with E-state index in [0.29, 0.717) is 19.6 Å². The molecule has 0 aromatic heterocycles. The zero-order valence-corrected chi connectivity index (χ0v) is 19.5. The van der Waals surface area contributed by atoms with E-state index in [9.17, 15) is 4.79 Å². The molecule has 0 fully saturated rings. The van der Waals surface area contributed by atoms with Crippen LogP contribution in [0.25, 0.3) is 0 Å². The summed E-state index contributed by atoms with van der Waals surface area (Å²) in [5.41, 5.74) is 0.924. The third-order valence-corrected chi connectivity index (χ3v) is 5.39. The van der Waals surface area contributed by atoms with Gasteiger partial charge in [0.15, 0.2) is 0 Å². The molecule has 4 nitrogen and oxygen atoms in total. The van der Waals surface area contributed by atoms with Gasteiger partial charge in [0.1, 0.15) is 12.4 Å². The summed E-state index contributed by atoms with van der Waals surface area (Å²) in [5.74, 6) is 0.568. The zero-order valence-electron chi connectivity index (χ0n) is 19.5. The van der Waals surface area contributed by atoms with Crippen LogP contribution in [0.4, 0.5) is 0 Å². The summed E-state index contributed by atoms with van der Waals surface area (Å²) in [6.45, 7) is 4.26. The lowest BCUT2D eigenvalue weighted by Crippen LogP contribution is -2.08. The minimum atomic E-state index is -0.231. The Morgan fingerprint density at radius 2 is 1.23 bits per heavy atom. The fourth-order valence-electron chi connectivity index (χ4n) is 3.48. The van der Waals surface area contributed by atoms with Gasteiger partial charge in [0.25, 0.3) is 0 Å². The molecule has 0 radical (unpaired) electrons. The number of benzene rings is 1. The number of rotatable bonds is 20. The Morgan fingerprint density at radius 1 is 0.700 bits per heavy atom. The number of carbonyl (C=O) groups is 1. The number of carbonyl (C=O) groups excluding carboxylic acids is 1. The summed E-state index contributed by atoms with van der Waals surface area (Å²) in [4.78, 5) is 11.2. The SMILES string of the molecule is CCCCCCCCCCCCCCCOCCOc1ccc(CC(=O)OC)cc1. The molecular weight excluding hydrogens is 376 g/mol. The highest BCUT2D eigenvalue weighted by Gasteiger charge is 2.03. The van der Waals surface area contributed by atoms with Crippen LogP contribution in [-0.2, 0) is 20.7 Å². The lowest BCUT2D eigenvalue weighted by Gasteiger charge is -2.08.